The van der Waals surface area contributed by atoms with Crippen LogP contribution in [0.3, 0.4) is 0 Å². The lowest BCUT2D eigenvalue weighted by atomic mass is 10.1. The molecule has 3 nitrogen and oxygen atoms in total. The van der Waals surface area contributed by atoms with Crippen LogP contribution < -0.4 is 0 Å². The summed E-state index contributed by atoms with van der Waals surface area (Å²) in [7, 11) is 0. The van der Waals surface area contributed by atoms with Gasteiger partial charge in [0.05, 0.1) is 5.56 Å². The first-order valence-corrected chi connectivity index (χ1v) is 6.17. The lowest BCUT2D eigenvalue weighted by molar-refractivity contribution is 0.0792. The van der Waals surface area contributed by atoms with Crippen LogP contribution >= 0.6 is 15.9 Å². The van der Waals surface area contributed by atoms with Gasteiger partial charge in [-0.05, 0) is 53.4 Å². The Morgan fingerprint density at radius 2 is 2.00 bits per heavy atom. The van der Waals surface area contributed by atoms with Crippen molar-refractivity contribution >= 4 is 21.8 Å². The number of halogens is 1. The summed E-state index contributed by atoms with van der Waals surface area (Å²) < 4.78 is 0.660. The highest BCUT2D eigenvalue weighted by Gasteiger charge is 2.21. The van der Waals surface area contributed by atoms with Gasteiger partial charge in [0.2, 0.25) is 0 Å². The van der Waals surface area contributed by atoms with Gasteiger partial charge in [0.25, 0.3) is 5.91 Å². The number of hydrogen-bond donors (Lipinski definition) is 1. The maximum atomic E-state index is 12.1. The zero-order valence-electron chi connectivity index (χ0n) is 9.16. The van der Waals surface area contributed by atoms with Crippen LogP contribution in [0, 0.1) is 6.92 Å². The summed E-state index contributed by atoms with van der Waals surface area (Å²) in [6, 6.07) is 3.32. The molecule has 0 atom stereocenters. The molecule has 1 N–H and O–H groups in total. The van der Waals surface area contributed by atoms with Gasteiger partial charge < -0.3 is 10.0 Å². The van der Waals surface area contributed by atoms with Crippen molar-refractivity contribution in [3.8, 4) is 5.75 Å². The average molecular weight is 284 g/mol. The normalized spacial score (nSPS) is 15.5. The molecule has 4 heteroatoms. The van der Waals surface area contributed by atoms with Crippen molar-refractivity contribution in [1.29, 1.82) is 0 Å². The molecule has 1 amide bonds. The average Bonchev–Trinajstić information content (AvgIpc) is 2.75. The lowest BCUT2D eigenvalue weighted by Crippen LogP contribution is -2.27. The Kier molecular flexibility index (Phi) is 3.19. The van der Waals surface area contributed by atoms with E-state index in [0.717, 1.165) is 31.5 Å². The zero-order chi connectivity index (χ0) is 11.7. The predicted molar refractivity (Wildman–Crippen MR) is 65.7 cm³/mol. The van der Waals surface area contributed by atoms with E-state index in [2.05, 4.69) is 15.9 Å². The van der Waals surface area contributed by atoms with Gasteiger partial charge in [-0.15, -0.1) is 0 Å². The number of benzene rings is 1. The molecular weight excluding hydrogens is 270 g/mol. The quantitative estimate of drug-likeness (QED) is 0.861. The first-order chi connectivity index (χ1) is 7.59. The number of carbonyl (C=O) groups is 1. The second-order valence-corrected chi connectivity index (χ2v) is 4.97. The molecule has 0 aromatic heterocycles. The van der Waals surface area contributed by atoms with Crippen molar-refractivity contribution in [3.05, 3.63) is 27.7 Å². The van der Waals surface area contributed by atoms with Crippen LogP contribution in [0.2, 0.25) is 0 Å². The van der Waals surface area contributed by atoms with E-state index in [1.807, 2.05) is 4.90 Å². The Balaban J connectivity index is 2.32. The summed E-state index contributed by atoms with van der Waals surface area (Å²) in [5, 5.41) is 9.52. The molecule has 1 heterocycles. The third kappa shape index (κ3) is 2.07. The van der Waals surface area contributed by atoms with Gasteiger partial charge in [-0.25, -0.2) is 0 Å². The number of carbonyl (C=O) groups excluding carboxylic acids is 1. The molecule has 0 radical (unpaired) electrons. The summed E-state index contributed by atoms with van der Waals surface area (Å²) in [4.78, 5) is 14.0. The molecular formula is C12H14BrNO2. The first-order valence-electron chi connectivity index (χ1n) is 5.38. The topological polar surface area (TPSA) is 40.5 Å². The fourth-order valence-electron chi connectivity index (χ4n) is 1.93. The minimum atomic E-state index is 0.0486. The predicted octanol–water partition coefficient (Wildman–Crippen LogP) is 2.70. The van der Waals surface area contributed by atoms with Crippen molar-refractivity contribution in [2.75, 3.05) is 13.1 Å². The summed E-state index contributed by atoms with van der Waals surface area (Å²) in [6.45, 7) is 3.47. The van der Waals surface area contributed by atoms with Crippen LogP contribution in [0.15, 0.2) is 16.6 Å². The molecule has 0 aliphatic carbocycles. The maximum Gasteiger partial charge on any atom is 0.255 e. The number of amides is 1. The Morgan fingerprint density at radius 1 is 1.38 bits per heavy atom. The molecule has 0 saturated carbocycles. The third-order valence-electron chi connectivity index (χ3n) is 2.91. The first kappa shape index (κ1) is 11.5. The van der Waals surface area contributed by atoms with Gasteiger partial charge in [-0.2, -0.15) is 0 Å². The standard InChI is InChI=1S/C12H14BrNO2/c1-8-6-9(10(13)7-11(8)15)12(16)14-4-2-3-5-14/h6-7,15H,2-5H2,1H3. The highest BCUT2D eigenvalue weighted by molar-refractivity contribution is 9.10. The largest absolute Gasteiger partial charge is 0.508 e. The van der Waals surface area contributed by atoms with E-state index in [-0.39, 0.29) is 11.7 Å². The highest BCUT2D eigenvalue weighted by Crippen LogP contribution is 2.27. The highest BCUT2D eigenvalue weighted by atomic mass is 79.9. The van der Waals surface area contributed by atoms with Crippen LogP contribution in [0.1, 0.15) is 28.8 Å². The molecule has 1 aliphatic heterocycles. The van der Waals surface area contributed by atoms with Crippen molar-refractivity contribution in [2.24, 2.45) is 0 Å². The van der Waals surface area contributed by atoms with Crippen LogP contribution in [0.5, 0.6) is 5.75 Å². The second-order valence-electron chi connectivity index (χ2n) is 4.12. The molecule has 1 aromatic rings. The molecule has 1 saturated heterocycles. The molecule has 16 heavy (non-hydrogen) atoms. The number of phenols is 1. The fraction of sp³-hybridized carbons (Fsp3) is 0.417. The van der Waals surface area contributed by atoms with Crippen molar-refractivity contribution < 1.29 is 9.90 Å². The molecule has 0 spiro atoms. The smallest absolute Gasteiger partial charge is 0.255 e. The number of aryl methyl sites for hydroxylation is 1. The van der Waals surface area contributed by atoms with Crippen molar-refractivity contribution in [2.45, 2.75) is 19.8 Å². The molecule has 0 bridgehead atoms. The van der Waals surface area contributed by atoms with Crippen LogP contribution in [-0.2, 0) is 0 Å². The Labute approximate surface area is 103 Å². The molecule has 86 valence electrons. The van der Waals surface area contributed by atoms with Gasteiger partial charge in [0.15, 0.2) is 0 Å². The van der Waals surface area contributed by atoms with Crippen LogP contribution in [-0.4, -0.2) is 29.0 Å². The Morgan fingerprint density at radius 3 is 2.62 bits per heavy atom. The fourth-order valence-corrected chi connectivity index (χ4v) is 2.43. The van der Waals surface area contributed by atoms with E-state index in [1.165, 1.54) is 0 Å². The second kappa shape index (κ2) is 4.45. The van der Waals surface area contributed by atoms with Crippen molar-refractivity contribution in [1.82, 2.24) is 4.90 Å². The molecule has 1 fully saturated rings. The van der Waals surface area contributed by atoms with Gasteiger partial charge >= 0.3 is 0 Å². The summed E-state index contributed by atoms with van der Waals surface area (Å²) in [5.74, 6) is 0.261. The van der Waals surface area contributed by atoms with Gasteiger partial charge in [-0.3, -0.25) is 4.79 Å². The summed E-state index contributed by atoms with van der Waals surface area (Å²) in [6.07, 6.45) is 2.17. The van der Waals surface area contributed by atoms with E-state index >= 15 is 0 Å². The summed E-state index contributed by atoms with van der Waals surface area (Å²) >= 11 is 3.32. The van der Waals surface area contributed by atoms with Gasteiger partial charge in [0, 0.05) is 17.6 Å². The van der Waals surface area contributed by atoms with E-state index in [9.17, 15) is 9.90 Å². The van der Waals surface area contributed by atoms with E-state index in [4.69, 9.17) is 0 Å². The number of aromatic hydroxyl groups is 1. The number of hydrogen-bond acceptors (Lipinski definition) is 2. The minimum absolute atomic E-state index is 0.0486. The maximum absolute atomic E-state index is 12.1. The number of rotatable bonds is 1. The molecule has 1 aliphatic rings. The molecule has 1 aromatic carbocycles. The van der Waals surface area contributed by atoms with E-state index in [1.54, 1.807) is 19.1 Å². The van der Waals surface area contributed by atoms with Gasteiger partial charge in [-0.1, -0.05) is 0 Å². The Hall–Kier alpha value is -1.03. The number of likely N-dealkylation sites (tertiary alicyclic amines) is 1. The molecule has 2 rings (SSSR count). The molecule has 0 unspecified atom stereocenters. The SMILES string of the molecule is Cc1cc(C(=O)N2CCCC2)c(Br)cc1O. The van der Waals surface area contributed by atoms with Crippen LogP contribution in [0.25, 0.3) is 0 Å². The lowest BCUT2D eigenvalue weighted by Gasteiger charge is -2.16. The van der Waals surface area contributed by atoms with Crippen molar-refractivity contribution in [3.63, 3.8) is 0 Å². The number of phenolic OH excluding ortho intramolecular Hbond substituents is 1. The third-order valence-corrected chi connectivity index (χ3v) is 3.57. The number of nitrogens with zero attached hydrogens (tertiary/aromatic N) is 1. The van der Waals surface area contributed by atoms with E-state index < -0.39 is 0 Å². The Bertz CT molecular complexity index is 425. The van der Waals surface area contributed by atoms with E-state index in [0.29, 0.717) is 10.0 Å². The van der Waals surface area contributed by atoms with Gasteiger partial charge in [0.1, 0.15) is 5.75 Å². The monoisotopic (exact) mass is 283 g/mol. The zero-order valence-corrected chi connectivity index (χ0v) is 10.7. The summed E-state index contributed by atoms with van der Waals surface area (Å²) in [5.41, 5.74) is 1.36. The van der Waals surface area contributed by atoms with Crippen LogP contribution in [0.4, 0.5) is 0 Å². The minimum Gasteiger partial charge on any atom is -0.508 e.